The average Bonchev–Trinajstić information content (AvgIpc) is 3.63. The number of morpholine rings is 1. The van der Waals surface area contributed by atoms with Crippen LogP contribution >= 0.6 is 0 Å². The molecular formula is C33H32FN5O5. The molecule has 2 aromatic heterocycles. The number of hydrogen-bond acceptors (Lipinski definition) is 8. The molecule has 0 radical (unpaired) electrons. The summed E-state index contributed by atoms with van der Waals surface area (Å²) < 4.78 is 35.7. The van der Waals surface area contributed by atoms with Crippen molar-refractivity contribution in [1.82, 2.24) is 14.4 Å². The normalized spacial score (nSPS) is 18.2. The smallest absolute Gasteiger partial charge is 0.259 e. The van der Waals surface area contributed by atoms with Crippen molar-refractivity contribution in [3.8, 4) is 17.2 Å². The SMILES string of the molecule is NC1CCN(C(=O)c2cn3c4c(c(NCCCN5CCOCC5)c(F)cc4c2=O)Oc2cc4c(cc2-3)oc2ccccc24)C1. The predicted molar refractivity (Wildman–Crippen MR) is 166 cm³/mol. The van der Waals surface area contributed by atoms with Crippen LogP contribution in [0.25, 0.3) is 38.5 Å². The van der Waals surface area contributed by atoms with Crippen LogP contribution < -0.4 is 21.2 Å². The van der Waals surface area contributed by atoms with Crippen molar-refractivity contribution < 1.29 is 23.1 Å². The van der Waals surface area contributed by atoms with Crippen molar-refractivity contribution in [2.24, 2.45) is 5.73 Å². The number of nitrogens with two attached hydrogens (primary N) is 1. The first-order chi connectivity index (χ1) is 21.5. The van der Waals surface area contributed by atoms with Gasteiger partial charge in [-0.15, -0.1) is 0 Å². The number of fused-ring (bicyclic) bond motifs is 5. The van der Waals surface area contributed by atoms with E-state index in [2.05, 4.69) is 10.2 Å². The summed E-state index contributed by atoms with van der Waals surface area (Å²) in [7, 11) is 0. The van der Waals surface area contributed by atoms with Crippen molar-refractivity contribution in [2.75, 3.05) is 57.8 Å². The molecule has 44 heavy (non-hydrogen) atoms. The van der Waals surface area contributed by atoms with E-state index < -0.39 is 17.2 Å². The van der Waals surface area contributed by atoms with Gasteiger partial charge in [0.2, 0.25) is 5.43 Å². The number of halogens is 1. The molecule has 5 aromatic rings. The Kier molecular flexibility index (Phi) is 6.55. The highest BCUT2D eigenvalue weighted by Crippen LogP contribution is 2.47. The second kappa shape index (κ2) is 10.6. The number of hydrogen-bond donors (Lipinski definition) is 2. The number of pyridine rings is 1. The predicted octanol–water partition coefficient (Wildman–Crippen LogP) is 4.44. The van der Waals surface area contributed by atoms with Crippen molar-refractivity contribution in [3.63, 3.8) is 0 Å². The van der Waals surface area contributed by atoms with Crippen LogP contribution in [0.5, 0.6) is 11.5 Å². The summed E-state index contributed by atoms with van der Waals surface area (Å²) in [6.07, 6.45) is 3.00. The number of likely N-dealkylation sites (tertiary alicyclic amines) is 1. The van der Waals surface area contributed by atoms with Crippen molar-refractivity contribution in [3.05, 3.63) is 70.3 Å². The van der Waals surface area contributed by atoms with Gasteiger partial charge in [-0.25, -0.2) is 4.39 Å². The molecule has 1 unspecified atom stereocenters. The molecule has 0 aliphatic carbocycles. The highest BCUT2D eigenvalue weighted by molar-refractivity contribution is 6.07. The van der Waals surface area contributed by atoms with Crippen LogP contribution in [0.2, 0.25) is 0 Å². The maximum absolute atomic E-state index is 15.9. The van der Waals surface area contributed by atoms with Gasteiger partial charge in [-0.3, -0.25) is 14.5 Å². The molecule has 3 aromatic carbocycles. The first-order valence-corrected chi connectivity index (χ1v) is 15.1. The van der Waals surface area contributed by atoms with Crippen LogP contribution in [-0.2, 0) is 4.74 Å². The third-order valence-corrected chi connectivity index (χ3v) is 8.92. The number of ether oxygens (including phenoxy) is 2. The zero-order valence-electron chi connectivity index (χ0n) is 24.1. The molecule has 8 rings (SSSR count). The van der Waals surface area contributed by atoms with Gasteiger partial charge in [0.25, 0.3) is 5.91 Å². The Labute approximate surface area is 251 Å². The third-order valence-electron chi connectivity index (χ3n) is 8.92. The number of rotatable bonds is 6. The number of furan rings is 1. The van der Waals surface area contributed by atoms with E-state index in [1.54, 1.807) is 15.7 Å². The summed E-state index contributed by atoms with van der Waals surface area (Å²) in [5.41, 5.74) is 8.00. The fourth-order valence-corrected chi connectivity index (χ4v) is 6.64. The van der Waals surface area contributed by atoms with Crippen LogP contribution in [0.1, 0.15) is 23.2 Å². The molecule has 0 saturated carbocycles. The Bertz CT molecular complexity index is 2010. The number of amides is 1. The van der Waals surface area contributed by atoms with E-state index in [0.717, 1.165) is 55.6 Å². The first kappa shape index (κ1) is 27.1. The lowest BCUT2D eigenvalue weighted by atomic mass is 10.0. The summed E-state index contributed by atoms with van der Waals surface area (Å²) in [5, 5.41) is 5.08. The Balaban J connectivity index is 1.26. The Morgan fingerprint density at radius 1 is 1.05 bits per heavy atom. The topological polar surface area (TPSA) is 115 Å². The molecule has 0 bridgehead atoms. The zero-order valence-corrected chi connectivity index (χ0v) is 24.1. The number of anilines is 1. The van der Waals surface area contributed by atoms with E-state index in [1.165, 1.54) is 6.07 Å². The van der Waals surface area contributed by atoms with Gasteiger partial charge < -0.3 is 34.4 Å². The molecular weight excluding hydrogens is 565 g/mol. The maximum atomic E-state index is 15.9. The van der Waals surface area contributed by atoms with Crippen LogP contribution in [0, 0.1) is 5.82 Å². The second-order valence-electron chi connectivity index (χ2n) is 11.8. The highest BCUT2D eigenvalue weighted by Gasteiger charge is 2.32. The summed E-state index contributed by atoms with van der Waals surface area (Å²) >= 11 is 0. The number of nitrogens with one attached hydrogen (secondary N) is 1. The van der Waals surface area contributed by atoms with Gasteiger partial charge in [-0.2, -0.15) is 0 Å². The number of aromatic nitrogens is 1. The molecule has 2 saturated heterocycles. The minimum atomic E-state index is -0.617. The molecule has 226 valence electrons. The quantitative estimate of drug-likeness (QED) is 0.271. The van der Waals surface area contributed by atoms with E-state index >= 15 is 4.39 Å². The van der Waals surface area contributed by atoms with Gasteiger partial charge in [-0.1, -0.05) is 18.2 Å². The maximum Gasteiger partial charge on any atom is 0.259 e. The number of benzene rings is 3. The number of nitrogens with zero attached hydrogens (tertiary/aromatic N) is 3. The molecule has 10 nitrogen and oxygen atoms in total. The Hall–Kier alpha value is -4.45. The van der Waals surface area contributed by atoms with Gasteiger partial charge in [0.15, 0.2) is 17.3 Å². The third kappa shape index (κ3) is 4.42. The van der Waals surface area contributed by atoms with Gasteiger partial charge in [-0.05, 0) is 37.6 Å². The first-order valence-electron chi connectivity index (χ1n) is 15.1. The molecule has 3 aliphatic heterocycles. The minimum Gasteiger partial charge on any atom is -0.456 e. The molecule has 1 atom stereocenters. The zero-order chi connectivity index (χ0) is 29.9. The molecule has 2 fully saturated rings. The van der Waals surface area contributed by atoms with Crippen LogP contribution in [0.15, 0.2) is 57.9 Å². The lowest BCUT2D eigenvalue weighted by molar-refractivity contribution is 0.0378. The number of carbonyl (C=O) groups excluding carboxylic acids is 1. The Morgan fingerprint density at radius 3 is 2.70 bits per heavy atom. The summed E-state index contributed by atoms with van der Waals surface area (Å²) in [5.74, 6) is -0.359. The standard InChI is InChI=1S/C33H32FN5O5/c34-24-14-22-30-32(29(24)36-7-3-8-37-10-12-42-13-11-37)44-28-15-21-20-4-1-2-5-26(20)43-27(21)16-25(28)39(30)18-23(31(22)40)33(41)38-9-6-19(35)17-38/h1-2,4-5,14-16,18-19,36H,3,6-13,17,35H2. The molecule has 5 heterocycles. The summed E-state index contributed by atoms with van der Waals surface area (Å²) in [6, 6.07) is 12.5. The van der Waals surface area contributed by atoms with Crippen LogP contribution in [0.3, 0.4) is 0 Å². The molecule has 11 heteroatoms. The van der Waals surface area contributed by atoms with Gasteiger partial charge in [0.1, 0.15) is 27.9 Å². The molecule has 3 N–H and O–H groups in total. The van der Waals surface area contributed by atoms with E-state index in [-0.39, 0.29) is 28.4 Å². The lowest BCUT2D eigenvalue weighted by Gasteiger charge is -2.28. The summed E-state index contributed by atoms with van der Waals surface area (Å²) in [4.78, 5) is 31.4. The molecule has 0 spiro atoms. The van der Waals surface area contributed by atoms with Gasteiger partial charge in [0.05, 0.1) is 24.3 Å². The van der Waals surface area contributed by atoms with E-state index in [0.29, 0.717) is 48.6 Å². The van der Waals surface area contributed by atoms with Crippen LogP contribution in [0.4, 0.5) is 10.1 Å². The highest BCUT2D eigenvalue weighted by atomic mass is 19.1. The van der Waals surface area contributed by atoms with E-state index in [1.807, 2.05) is 36.4 Å². The van der Waals surface area contributed by atoms with E-state index in [4.69, 9.17) is 19.6 Å². The van der Waals surface area contributed by atoms with Gasteiger partial charge in [0, 0.05) is 61.8 Å². The van der Waals surface area contributed by atoms with Crippen molar-refractivity contribution >= 4 is 44.4 Å². The van der Waals surface area contributed by atoms with Crippen LogP contribution in [-0.4, -0.2) is 78.8 Å². The monoisotopic (exact) mass is 597 g/mol. The number of carbonyl (C=O) groups is 1. The minimum absolute atomic E-state index is 0.0410. The second-order valence-corrected chi connectivity index (χ2v) is 11.8. The fourth-order valence-electron chi connectivity index (χ4n) is 6.64. The summed E-state index contributed by atoms with van der Waals surface area (Å²) in [6.45, 7) is 5.38. The van der Waals surface area contributed by atoms with E-state index in [9.17, 15) is 9.59 Å². The molecule has 3 aliphatic rings. The Morgan fingerprint density at radius 2 is 1.89 bits per heavy atom. The average molecular weight is 598 g/mol. The largest absolute Gasteiger partial charge is 0.456 e. The van der Waals surface area contributed by atoms with Crippen molar-refractivity contribution in [1.29, 1.82) is 0 Å². The number of para-hydroxylation sites is 1. The molecule has 1 amide bonds. The van der Waals surface area contributed by atoms with Crippen molar-refractivity contribution in [2.45, 2.75) is 18.9 Å². The fraction of sp³-hybridized carbons (Fsp3) is 0.333. The lowest BCUT2D eigenvalue weighted by Crippen LogP contribution is -2.37. The van der Waals surface area contributed by atoms with Gasteiger partial charge >= 0.3 is 0 Å².